The van der Waals surface area contributed by atoms with Gasteiger partial charge in [-0.1, -0.05) is 43.3 Å². The van der Waals surface area contributed by atoms with E-state index < -0.39 is 0 Å². The van der Waals surface area contributed by atoms with E-state index in [1.807, 2.05) is 0 Å². The fourth-order valence-corrected chi connectivity index (χ4v) is 3.69. The number of rotatable bonds is 7. The van der Waals surface area contributed by atoms with E-state index in [1.165, 1.54) is 11.8 Å². The van der Waals surface area contributed by atoms with Crippen LogP contribution in [0.2, 0.25) is 5.02 Å². The number of carbonyl (C=O) groups excluding carboxylic acids is 1. The van der Waals surface area contributed by atoms with Crippen LogP contribution in [0.1, 0.15) is 20.3 Å². The molecule has 0 saturated heterocycles. The van der Waals surface area contributed by atoms with Gasteiger partial charge in [0.25, 0.3) is 5.56 Å². The monoisotopic (exact) mass is 419 g/mol. The van der Waals surface area contributed by atoms with E-state index in [2.05, 4.69) is 29.2 Å². The zero-order valence-electron chi connectivity index (χ0n) is 16.0. The van der Waals surface area contributed by atoms with Gasteiger partial charge in [-0.25, -0.2) is 4.98 Å². The van der Waals surface area contributed by atoms with Crippen molar-refractivity contribution >= 4 is 46.0 Å². The number of hydrogen-bond donors (Lipinski definition) is 1. The van der Waals surface area contributed by atoms with Crippen molar-refractivity contribution in [3.63, 3.8) is 0 Å². The molecule has 2 heterocycles. The summed E-state index contributed by atoms with van der Waals surface area (Å²) in [5, 5.41) is 8.10. The van der Waals surface area contributed by atoms with Crippen LogP contribution in [-0.2, 0) is 18.4 Å². The van der Waals surface area contributed by atoms with Crippen molar-refractivity contribution in [2.75, 3.05) is 11.1 Å². The first-order valence-corrected chi connectivity index (χ1v) is 10.3. The van der Waals surface area contributed by atoms with Crippen molar-refractivity contribution in [2.45, 2.75) is 32.0 Å². The van der Waals surface area contributed by atoms with Crippen molar-refractivity contribution in [2.24, 2.45) is 13.0 Å². The van der Waals surface area contributed by atoms with Gasteiger partial charge in [-0.3, -0.25) is 18.8 Å². The summed E-state index contributed by atoms with van der Waals surface area (Å²) in [7, 11) is 1.75. The van der Waals surface area contributed by atoms with Gasteiger partial charge in [-0.2, -0.15) is 5.10 Å². The Kier molecular flexibility index (Phi) is 6.41. The first-order valence-electron chi connectivity index (χ1n) is 8.96. The quantitative estimate of drug-likeness (QED) is 0.467. The molecule has 0 aliphatic heterocycles. The van der Waals surface area contributed by atoms with E-state index in [9.17, 15) is 9.59 Å². The van der Waals surface area contributed by atoms with Crippen molar-refractivity contribution in [1.82, 2.24) is 19.3 Å². The van der Waals surface area contributed by atoms with Crippen LogP contribution < -0.4 is 10.9 Å². The molecule has 7 nitrogen and oxygen atoms in total. The SMILES string of the molecule is CC(C)CCn1c(SCC(=O)Nc2cccc(Cl)c2)nc2cn(C)nc2c1=O. The molecule has 3 rings (SSSR count). The molecule has 0 bridgehead atoms. The second-order valence-electron chi connectivity index (χ2n) is 6.92. The topological polar surface area (TPSA) is 81.8 Å². The van der Waals surface area contributed by atoms with Gasteiger partial charge >= 0.3 is 0 Å². The molecule has 0 aliphatic rings. The Morgan fingerprint density at radius 3 is 2.86 bits per heavy atom. The Labute approximate surface area is 172 Å². The lowest BCUT2D eigenvalue weighted by Gasteiger charge is -2.13. The summed E-state index contributed by atoms with van der Waals surface area (Å²) in [6, 6.07) is 6.97. The highest BCUT2D eigenvalue weighted by atomic mass is 35.5. The smallest absolute Gasteiger partial charge is 0.282 e. The predicted octanol–water partition coefficient (Wildman–Crippen LogP) is 3.56. The first kappa shape index (κ1) is 20.4. The summed E-state index contributed by atoms with van der Waals surface area (Å²) in [6.07, 6.45) is 2.54. The van der Waals surface area contributed by atoms with Gasteiger partial charge in [-0.15, -0.1) is 0 Å². The molecule has 0 spiro atoms. The molecule has 148 valence electrons. The van der Waals surface area contributed by atoms with Gasteiger partial charge in [-0.05, 0) is 30.5 Å². The number of carbonyl (C=O) groups is 1. The molecule has 1 aromatic carbocycles. The largest absolute Gasteiger partial charge is 0.325 e. The van der Waals surface area contributed by atoms with Gasteiger partial charge in [0.1, 0.15) is 5.52 Å². The summed E-state index contributed by atoms with van der Waals surface area (Å²) in [6.45, 7) is 4.74. The molecule has 0 radical (unpaired) electrons. The lowest BCUT2D eigenvalue weighted by Crippen LogP contribution is -2.25. The maximum absolute atomic E-state index is 12.9. The third-order valence-corrected chi connectivity index (χ3v) is 5.29. The van der Waals surface area contributed by atoms with Crippen LogP contribution in [0.25, 0.3) is 11.0 Å². The minimum Gasteiger partial charge on any atom is -0.325 e. The summed E-state index contributed by atoms with van der Waals surface area (Å²) < 4.78 is 3.19. The number of amides is 1. The Bertz CT molecular complexity index is 1060. The molecular weight excluding hydrogens is 398 g/mol. The fourth-order valence-electron chi connectivity index (χ4n) is 2.68. The third kappa shape index (κ3) is 4.94. The molecule has 1 amide bonds. The molecule has 0 unspecified atom stereocenters. The van der Waals surface area contributed by atoms with Crippen molar-refractivity contribution in [3.8, 4) is 0 Å². The van der Waals surface area contributed by atoms with Crippen LogP contribution in [-0.4, -0.2) is 31.0 Å². The number of halogens is 1. The summed E-state index contributed by atoms with van der Waals surface area (Å²) in [5.74, 6) is 0.380. The van der Waals surface area contributed by atoms with Crippen LogP contribution in [0.3, 0.4) is 0 Å². The second-order valence-corrected chi connectivity index (χ2v) is 8.30. The number of benzene rings is 1. The van der Waals surface area contributed by atoms with Crippen molar-refractivity contribution < 1.29 is 4.79 Å². The summed E-state index contributed by atoms with van der Waals surface area (Å²) in [5.41, 5.74) is 1.33. The standard InChI is InChI=1S/C19H22ClN5O2S/c1-12(2)7-8-25-18(27)17-15(10-24(3)23-17)22-19(25)28-11-16(26)21-14-6-4-5-13(20)9-14/h4-6,9-10,12H,7-8,11H2,1-3H3,(H,21,26). The second kappa shape index (κ2) is 8.79. The molecule has 28 heavy (non-hydrogen) atoms. The maximum atomic E-state index is 12.9. The normalized spacial score (nSPS) is 11.3. The molecule has 0 saturated carbocycles. The lowest BCUT2D eigenvalue weighted by molar-refractivity contribution is -0.113. The van der Waals surface area contributed by atoms with Crippen molar-refractivity contribution in [3.05, 3.63) is 45.8 Å². The summed E-state index contributed by atoms with van der Waals surface area (Å²) >= 11 is 7.18. The Hall–Kier alpha value is -2.32. The highest BCUT2D eigenvalue weighted by Crippen LogP contribution is 2.20. The lowest BCUT2D eigenvalue weighted by atomic mass is 10.1. The van der Waals surface area contributed by atoms with Crippen LogP contribution in [0.15, 0.2) is 40.4 Å². The number of hydrogen-bond acceptors (Lipinski definition) is 5. The number of anilines is 1. The molecular formula is C19H22ClN5O2S. The molecule has 2 aromatic heterocycles. The van der Waals surface area contributed by atoms with E-state index in [0.29, 0.717) is 39.4 Å². The van der Waals surface area contributed by atoms with E-state index in [-0.39, 0.29) is 17.2 Å². The van der Waals surface area contributed by atoms with E-state index in [0.717, 1.165) is 6.42 Å². The molecule has 9 heteroatoms. The van der Waals surface area contributed by atoms with Gasteiger partial charge in [0, 0.05) is 24.3 Å². The van der Waals surface area contributed by atoms with Crippen LogP contribution in [0, 0.1) is 5.92 Å². The average molecular weight is 420 g/mol. The fraction of sp³-hybridized carbons (Fsp3) is 0.368. The number of thioether (sulfide) groups is 1. The minimum absolute atomic E-state index is 0.131. The Balaban J connectivity index is 1.81. The van der Waals surface area contributed by atoms with Gasteiger partial charge in [0.05, 0.1) is 11.9 Å². The number of fused-ring (bicyclic) bond motifs is 1. The van der Waals surface area contributed by atoms with Gasteiger partial charge < -0.3 is 5.32 Å². The molecule has 0 atom stereocenters. The van der Waals surface area contributed by atoms with Gasteiger partial charge in [0.2, 0.25) is 5.91 Å². The molecule has 0 aliphatic carbocycles. The zero-order chi connectivity index (χ0) is 20.3. The van der Waals surface area contributed by atoms with Crippen LogP contribution in [0.5, 0.6) is 0 Å². The highest BCUT2D eigenvalue weighted by molar-refractivity contribution is 7.99. The number of nitrogens with zero attached hydrogens (tertiary/aromatic N) is 4. The van der Waals surface area contributed by atoms with E-state index >= 15 is 0 Å². The van der Waals surface area contributed by atoms with Crippen molar-refractivity contribution in [1.29, 1.82) is 0 Å². The predicted molar refractivity (Wildman–Crippen MR) is 113 cm³/mol. The third-order valence-electron chi connectivity index (χ3n) is 4.07. The highest BCUT2D eigenvalue weighted by Gasteiger charge is 2.16. The van der Waals surface area contributed by atoms with E-state index in [1.54, 1.807) is 46.8 Å². The molecule has 3 aromatic rings. The van der Waals surface area contributed by atoms with Crippen LogP contribution >= 0.6 is 23.4 Å². The number of aryl methyl sites for hydroxylation is 1. The average Bonchev–Trinajstić information content (AvgIpc) is 3.00. The Morgan fingerprint density at radius 2 is 2.14 bits per heavy atom. The number of aromatic nitrogens is 4. The number of nitrogens with one attached hydrogen (secondary N) is 1. The maximum Gasteiger partial charge on any atom is 0.282 e. The summed E-state index contributed by atoms with van der Waals surface area (Å²) in [4.78, 5) is 29.8. The molecule has 0 fully saturated rings. The van der Waals surface area contributed by atoms with Gasteiger partial charge in [0.15, 0.2) is 10.7 Å². The molecule has 1 N–H and O–H groups in total. The minimum atomic E-state index is -0.191. The first-order chi connectivity index (χ1) is 13.3. The van der Waals surface area contributed by atoms with Crippen LogP contribution in [0.4, 0.5) is 5.69 Å². The Morgan fingerprint density at radius 1 is 1.36 bits per heavy atom. The zero-order valence-corrected chi connectivity index (χ0v) is 17.5. The van der Waals surface area contributed by atoms with E-state index in [4.69, 9.17) is 11.6 Å².